The SMILES string of the molecule is Cc1cccc(C)c1OP1OCC(C)(C)CO1. The van der Waals surface area contributed by atoms with Crippen molar-refractivity contribution in [3.05, 3.63) is 29.3 Å². The minimum absolute atomic E-state index is 0.0863. The lowest BCUT2D eigenvalue weighted by molar-refractivity contribution is 0.0425. The van der Waals surface area contributed by atoms with Gasteiger partial charge in [-0.1, -0.05) is 32.0 Å². The summed E-state index contributed by atoms with van der Waals surface area (Å²) in [5.74, 6) is 0.887. The van der Waals surface area contributed by atoms with E-state index in [-0.39, 0.29) is 5.41 Å². The summed E-state index contributed by atoms with van der Waals surface area (Å²) < 4.78 is 17.1. The summed E-state index contributed by atoms with van der Waals surface area (Å²) in [4.78, 5) is 0. The molecule has 0 bridgehead atoms. The van der Waals surface area contributed by atoms with E-state index in [0.29, 0.717) is 13.2 Å². The average Bonchev–Trinajstić information content (AvgIpc) is 2.26. The van der Waals surface area contributed by atoms with Crippen LogP contribution in [0.3, 0.4) is 0 Å². The minimum atomic E-state index is -1.24. The smallest absolute Gasteiger partial charge is 0.397 e. The van der Waals surface area contributed by atoms with Crippen LogP contribution >= 0.6 is 8.60 Å². The number of benzene rings is 1. The molecule has 1 aliphatic heterocycles. The summed E-state index contributed by atoms with van der Waals surface area (Å²) in [5.41, 5.74) is 2.32. The van der Waals surface area contributed by atoms with Crippen LogP contribution in [0.15, 0.2) is 18.2 Å². The molecule has 1 fully saturated rings. The lowest BCUT2D eigenvalue weighted by atomic mass is 9.97. The third-order valence-corrected chi connectivity index (χ3v) is 3.71. The largest absolute Gasteiger partial charge is 0.426 e. The van der Waals surface area contributed by atoms with Gasteiger partial charge < -0.3 is 13.6 Å². The van der Waals surface area contributed by atoms with Gasteiger partial charge in [-0.2, -0.15) is 0 Å². The van der Waals surface area contributed by atoms with E-state index in [0.717, 1.165) is 16.9 Å². The fourth-order valence-electron chi connectivity index (χ4n) is 1.60. The molecule has 0 atom stereocenters. The average molecular weight is 254 g/mol. The predicted octanol–water partition coefficient (Wildman–Crippen LogP) is 3.98. The number of aryl methyl sites for hydroxylation is 2. The molecule has 0 aromatic heterocycles. The molecule has 0 spiro atoms. The first kappa shape index (κ1) is 12.8. The highest BCUT2D eigenvalue weighted by molar-refractivity contribution is 7.42. The van der Waals surface area contributed by atoms with Crippen molar-refractivity contribution in [2.45, 2.75) is 27.7 Å². The summed E-state index contributed by atoms with van der Waals surface area (Å²) in [6.45, 7) is 9.68. The second-order valence-corrected chi connectivity index (χ2v) is 6.39. The molecule has 1 aromatic rings. The molecule has 0 radical (unpaired) electrons. The normalized spacial score (nSPS) is 20.2. The van der Waals surface area contributed by atoms with E-state index in [1.54, 1.807) is 0 Å². The van der Waals surface area contributed by atoms with Crippen LogP contribution in [0.5, 0.6) is 5.75 Å². The summed E-state index contributed by atoms with van der Waals surface area (Å²) in [6, 6.07) is 6.09. The van der Waals surface area contributed by atoms with Crippen LogP contribution < -0.4 is 4.52 Å². The van der Waals surface area contributed by atoms with Crippen molar-refractivity contribution in [3.63, 3.8) is 0 Å². The Morgan fingerprint density at radius 1 is 1.12 bits per heavy atom. The van der Waals surface area contributed by atoms with E-state index in [1.807, 2.05) is 32.0 Å². The zero-order valence-electron chi connectivity index (χ0n) is 10.8. The Bertz CT molecular complexity index is 373. The van der Waals surface area contributed by atoms with Gasteiger partial charge in [-0.25, -0.2) is 0 Å². The van der Waals surface area contributed by atoms with Crippen molar-refractivity contribution >= 4 is 8.60 Å². The molecule has 0 amide bonds. The molecule has 17 heavy (non-hydrogen) atoms. The highest BCUT2D eigenvalue weighted by atomic mass is 31.2. The summed E-state index contributed by atoms with van der Waals surface area (Å²) in [5, 5.41) is 0. The van der Waals surface area contributed by atoms with E-state index >= 15 is 0 Å². The van der Waals surface area contributed by atoms with Gasteiger partial charge in [0.1, 0.15) is 5.75 Å². The molecule has 0 saturated carbocycles. The second kappa shape index (κ2) is 4.93. The molecule has 4 heteroatoms. The van der Waals surface area contributed by atoms with Crippen LogP contribution in [0.4, 0.5) is 0 Å². The van der Waals surface area contributed by atoms with Crippen molar-refractivity contribution in [1.29, 1.82) is 0 Å². The van der Waals surface area contributed by atoms with Gasteiger partial charge in [0.25, 0.3) is 0 Å². The first-order valence-electron chi connectivity index (χ1n) is 5.78. The minimum Gasteiger partial charge on any atom is -0.426 e. The van der Waals surface area contributed by atoms with Crippen LogP contribution in [-0.2, 0) is 9.05 Å². The van der Waals surface area contributed by atoms with E-state index in [1.165, 1.54) is 0 Å². The van der Waals surface area contributed by atoms with Gasteiger partial charge in [-0.15, -0.1) is 0 Å². The molecule has 2 rings (SSSR count). The Balaban J connectivity index is 2.03. The maximum absolute atomic E-state index is 5.83. The first-order valence-corrected chi connectivity index (χ1v) is 6.88. The Labute approximate surface area is 104 Å². The molecule has 1 heterocycles. The first-order chi connectivity index (χ1) is 7.98. The second-order valence-electron chi connectivity index (χ2n) is 5.25. The third kappa shape index (κ3) is 3.19. The predicted molar refractivity (Wildman–Crippen MR) is 69.1 cm³/mol. The Morgan fingerprint density at radius 2 is 1.65 bits per heavy atom. The van der Waals surface area contributed by atoms with Gasteiger partial charge in [-0.3, -0.25) is 0 Å². The third-order valence-electron chi connectivity index (χ3n) is 2.70. The number of rotatable bonds is 2. The molecule has 1 aliphatic rings. The van der Waals surface area contributed by atoms with Crippen molar-refractivity contribution in [2.75, 3.05) is 13.2 Å². The summed E-state index contributed by atoms with van der Waals surface area (Å²) in [6.07, 6.45) is 0. The van der Waals surface area contributed by atoms with Crippen molar-refractivity contribution < 1.29 is 13.6 Å². The van der Waals surface area contributed by atoms with Crippen molar-refractivity contribution in [1.82, 2.24) is 0 Å². The van der Waals surface area contributed by atoms with Crippen molar-refractivity contribution in [3.8, 4) is 5.75 Å². The van der Waals surface area contributed by atoms with Crippen LogP contribution in [0.1, 0.15) is 25.0 Å². The van der Waals surface area contributed by atoms with E-state index in [4.69, 9.17) is 13.6 Å². The highest BCUT2D eigenvalue weighted by Gasteiger charge is 2.31. The van der Waals surface area contributed by atoms with Crippen LogP contribution in [-0.4, -0.2) is 13.2 Å². The lowest BCUT2D eigenvalue weighted by Gasteiger charge is -2.32. The lowest BCUT2D eigenvalue weighted by Crippen LogP contribution is -2.29. The summed E-state index contributed by atoms with van der Waals surface area (Å²) >= 11 is 0. The van der Waals surface area contributed by atoms with E-state index < -0.39 is 8.60 Å². The quantitative estimate of drug-likeness (QED) is 0.747. The Kier molecular flexibility index (Phi) is 3.72. The van der Waals surface area contributed by atoms with Gasteiger partial charge >= 0.3 is 8.60 Å². The van der Waals surface area contributed by atoms with Crippen LogP contribution in [0.2, 0.25) is 0 Å². The van der Waals surface area contributed by atoms with Gasteiger partial charge in [0.15, 0.2) is 0 Å². The summed E-state index contributed by atoms with van der Waals surface area (Å²) in [7, 11) is -1.24. The van der Waals surface area contributed by atoms with Gasteiger partial charge in [0.2, 0.25) is 0 Å². The van der Waals surface area contributed by atoms with Crippen LogP contribution in [0, 0.1) is 19.3 Å². The number of para-hydroxylation sites is 1. The standard InChI is InChI=1S/C13H19O3P/c1-10-6-5-7-11(2)12(10)16-17-14-8-13(3,4)9-15-17/h5-7H,8-9H2,1-4H3. The number of hydrogen-bond acceptors (Lipinski definition) is 3. The number of hydrogen-bond donors (Lipinski definition) is 0. The Hall–Kier alpha value is -0.630. The zero-order chi connectivity index (χ0) is 12.5. The molecular weight excluding hydrogens is 235 g/mol. The van der Waals surface area contributed by atoms with Gasteiger partial charge in [0, 0.05) is 5.41 Å². The van der Waals surface area contributed by atoms with Gasteiger partial charge in [0.05, 0.1) is 13.2 Å². The monoisotopic (exact) mass is 254 g/mol. The molecule has 3 nitrogen and oxygen atoms in total. The molecule has 1 saturated heterocycles. The topological polar surface area (TPSA) is 27.7 Å². The van der Waals surface area contributed by atoms with Crippen LogP contribution in [0.25, 0.3) is 0 Å². The van der Waals surface area contributed by atoms with Gasteiger partial charge in [-0.05, 0) is 25.0 Å². The molecule has 94 valence electrons. The maximum Gasteiger partial charge on any atom is 0.397 e. The fourth-order valence-corrected chi connectivity index (χ4v) is 3.13. The highest BCUT2D eigenvalue weighted by Crippen LogP contribution is 2.48. The molecule has 0 N–H and O–H groups in total. The Morgan fingerprint density at radius 3 is 2.18 bits per heavy atom. The zero-order valence-corrected chi connectivity index (χ0v) is 11.7. The molecule has 0 unspecified atom stereocenters. The fraction of sp³-hybridized carbons (Fsp3) is 0.538. The molecular formula is C13H19O3P. The molecule has 1 aromatic carbocycles. The maximum atomic E-state index is 5.83. The van der Waals surface area contributed by atoms with E-state index in [2.05, 4.69) is 13.8 Å². The van der Waals surface area contributed by atoms with E-state index in [9.17, 15) is 0 Å². The van der Waals surface area contributed by atoms with Crippen molar-refractivity contribution in [2.24, 2.45) is 5.41 Å². The molecule has 0 aliphatic carbocycles.